The van der Waals surface area contributed by atoms with Crippen molar-refractivity contribution in [3.63, 3.8) is 0 Å². The average Bonchev–Trinajstić information content (AvgIpc) is 3.05. The van der Waals surface area contributed by atoms with E-state index in [1.54, 1.807) is 41.5 Å². The second-order valence-corrected chi connectivity index (χ2v) is 16.4. The van der Waals surface area contributed by atoms with Gasteiger partial charge >= 0.3 is 5.97 Å². The number of cyclic esters (lactones) is 1. The van der Waals surface area contributed by atoms with Gasteiger partial charge in [-0.15, -0.1) is 0 Å². The van der Waals surface area contributed by atoms with Gasteiger partial charge in [0.25, 0.3) is 0 Å². The van der Waals surface area contributed by atoms with E-state index in [0.29, 0.717) is 12.8 Å². The zero-order chi connectivity index (χ0) is 39.0. The van der Waals surface area contributed by atoms with Crippen LogP contribution in [0.2, 0.25) is 0 Å². The summed E-state index contributed by atoms with van der Waals surface area (Å²) >= 11 is 0. The molecule has 3 fully saturated rings. The van der Waals surface area contributed by atoms with E-state index in [4.69, 9.17) is 28.4 Å². The number of ether oxygens (including phenoxy) is 6. The Morgan fingerprint density at radius 3 is 2.08 bits per heavy atom. The normalized spacial score (nSPS) is 49.7. The summed E-state index contributed by atoms with van der Waals surface area (Å²) in [6.07, 6.45) is -10.1. The zero-order valence-corrected chi connectivity index (χ0v) is 32.9. The molecule has 298 valence electrons. The molecular formula is C37H66FNO12. The number of Topliss-reactive ketones (excluding diaryl/α,β-unsaturated/α-hetero) is 1. The fraction of sp³-hybridized carbons (Fsp3) is 0.946. The van der Waals surface area contributed by atoms with Crippen LogP contribution < -0.4 is 0 Å². The highest BCUT2D eigenvalue weighted by molar-refractivity contribution is 5.89. The Morgan fingerprint density at radius 1 is 0.922 bits per heavy atom. The van der Waals surface area contributed by atoms with Crippen LogP contribution in [0.1, 0.15) is 94.9 Å². The summed E-state index contributed by atoms with van der Waals surface area (Å²) in [5.41, 5.74) is -5.84. The lowest BCUT2D eigenvalue weighted by atomic mass is 9.73. The summed E-state index contributed by atoms with van der Waals surface area (Å²) in [6, 6.07) is -0.378. The second-order valence-electron chi connectivity index (χ2n) is 16.4. The molecule has 14 heteroatoms. The molecule has 0 aromatic heterocycles. The lowest BCUT2D eigenvalue weighted by molar-refractivity contribution is -0.318. The van der Waals surface area contributed by atoms with E-state index in [-0.39, 0.29) is 18.6 Å². The van der Waals surface area contributed by atoms with Crippen molar-refractivity contribution in [2.45, 2.75) is 179 Å². The smallest absolute Gasteiger partial charge is 0.311 e. The average molecular weight is 736 g/mol. The molecule has 13 nitrogen and oxygen atoms in total. The Kier molecular flexibility index (Phi) is 14.7. The molecule has 3 saturated heterocycles. The van der Waals surface area contributed by atoms with Gasteiger partial charge in [0.1, 0.15) is 18.3 Å². The number of hydrogen-bond donors (Lipinski definition) is 4. The minimum absolute atomic E-state index is 0.0736. The molecule has 3 rings (SSSR count). The molecular weight excluding hydrogens is 669 g/mol. The third-order valence-electron chi connectivity index (χ3n) is 11.7. The Labute approximate surface area is 303 Å². The fourth-order valence-electron chi connectivity index (χ4n) is 8.39. The first-order valence-corrected chi connectivity index (χ1v) is 18.5. The van der Waals surface area contributed by atoms with E-state index in [9.17, 15) is 30.0 Å². The van der Waals surface area contributed by atoms with E-state index >= 15 is 4.39 Å². The topological polar surface area (TPSA) is 174 Å². The van der Waals surface area contributed by atoms with Gasteiger partial charge in [0.05, 0.1) is 47.6 Å². The van der Waals surface area contributed by atoms with Crippen LogP contribution in [0.25, 0.3) is 0 Å². The van der Waals surface area contributed by atoms with Crippen LogP contribution in [0, 0.1) is 23.7 Å². The lowest BCUT2D eigenvalue weighted by Gasteiger charge is -2.49. The molecule has 0 bridgehead atoms. The number of halogens is 1. The Bertz CT molecular complexity index is 1170. The van der Waals surface area contributed by atoms with Crippen molar-refractivity contribution < 1.29 is 62.8 Å². The molecule has 8 unspecified atom stereocenters. The summed E-state index contributed by atoms with van der Waals surface area (Å²) in [4.78, 5) is 29.6. The molecule has 0 aliphatic carbocycles. The zero-order valence-electron chi connectivity index (χ0n) is 32.9. The predicted octanol–water partition coefficient (Wildman–Crippen LogP) is 2.76. The van der Waals surface area contributed by atoms with Gasteiger partial charge in [0, 0.05) is 43.7 Å². The number of likely N-dealkylation sites (N-methyl/N-ethyl adjacent to an activating group) is 1. The van der Waals surface area contributed by atoms with Crippen LogP contribution in [0.5, 0.6) is 0 Å². The van der Waals surface area contributed by atoms with Gasteiger partial charge in [-0.2, -0.15) is 0 Å². The molecule has 51 heavy (non-hydrogen) atoms. The number of aliphatic hydroxyl groups is 4. The molecule has 0 spiro atoms. The highest BCUT2D eigenvalue weighted by Crippen LogP contribution is 2.41. The Balaban J connectivity index is 2.20. The number of nitrogens with zero attached hydrogens (tertiary/aromatic N) is 1. The van der Waals surface area contributed by atoms with Crippen LogP contribution >= 0.6 is 0 Å². The van der Waals surface area contributed by atoms with Gasteiger partial charge in [-0.05, 0) is 68.5 Å². The standard InChI is InChI=1S/C37H66FNO12/c1-14-25-19(3)27(40)20(4)30(42)35(8,38)17-36(9,45)32(51-34-28(41)24(39(11)12)15-18(2)47-34)21(5)29(22(6)33(44)49-25)50-26-16-37(10,46-13)31(43)23(7)48-26/h18-29,31-32,34,40-41,43,45H,14-17H2,1-13H3/t18?,19-,20+,21?,22?,23?,24?,25?,26-,27-,28+,29?,31-,32+,34?,35-,36-,37+/m0/s1. The number of carbonyl (C=O) groups is 2. The van der Waals surface area contributed by atoms with Gasteiger partial charge in [-0.25, -0.2) is 4.39 Å². The van der Waals surface area contributed by atoms with Gasteiger partial charge in [-0.3, -0.25) is 9.59 Å². The maximum absolute atomic E-state index is 16.7. The molecule has 18 atom stereocenters. The summed E-state index contributed by atoms with van der Waals surface area (Å²) in [5.74, 6) is -5.53. The predicted molar refractivity (Wildman–Crippen MR) is 185 cm³/mol. The van der Waals surface area contributed by atoms with Gasteiger partial charge < -0.3 is 53.7 Å². The molecule has 0 aromatic carbocycles. The summed E-state index contributed by atoms with van der Waals surface area (Å²) in [7, 11) is 5.10. The van der Waals surface area contributed by atoms with E-state index in [1.165, 1.54) is 21.0 Å². The van der Waals surface area contributed by atoms with Crippen LogP contribution in [0.15, 0.2) is 0 Å². The van der Waals surface area contributed by atoms with E-state index in [0.717, 1.165) is 6.92 Å². The van der Waals surface area contributed by atoms with Crippen molar-refractivity contribution in [2.24, 2.45) is 23.7 Å². The minimum atomic E-state index is -2.64. The number of esters is 1. The van der Waals surface area contributed by atoms with E-state index < -0.39 is 114 Å². The SMILES string of the molecule is CCC1OC(=O)C(C)C(O[C@H]2C[C@@](C)(OC)[C@@H](O)C(C)O2)C(C)[C@@H](OC2OC(C)CC(N(C)C)[C@H]2O)[C@@](C)(O)C[C@](C)(F)C(=O)[C@H](C)[C@@H](O)[C@H]1C. The van der Waals surface area contributed by atoms with Gasteiger partial charge in [0.2, 0.25) is 0 Å². The molecule has 3 heterocycles. The summed E-state index contributed by atoms with van der Waals surface area (Å²) in [6.45, 7) is 15.8. The Morgan fingerprint density at radius 2 is 1.53 bits per heavy atom. The third kappa shape index (κ3) is 9.68. The number of hydrogen-bond acceptors (Lipinski definition) is 13. The van der Waals surface area contributed by atoms with Crippen LogP contribution in [-0.2, 0) is 38.0 Å². The molecule has 0 aromatic rings. The van der Waals surface area contributed by atoms with Crippen molar-refractivity contribution in [2.75, 3.05) is 21.2 Å². The van der Waals surface area contributed by atoms with Gasteiger partial charge in [-0.1, -0.05) is 27.7 Å². The van der Waals surface area contributed by atoms with Crippen molar-refractivity contribution in [3.05, 3.63) is 0 Å². The molecule has 3 aliphatic rings. The number of ketones is 1. The van der Waals surface area contributed by atoms with Crippen molar-refractivity contribution in [3.8, 4) is 0 Å². The molecule has 0 radical (unpaired) electrons. The largest absolute Gasteiger partial charge is 0.462 e. The van der Waals surface area contributed by atoms with Crippen molar-refractivity contribution in [1.82, 2.24) is 4.90 Å². The van der Waals surface area contributed by atoms with Crippen molar-refractivity contribution >= 4 is 11.8 Å². The maximum Gasteiger partial charge on any atom is 0.311 e. The molecule has 4 N–H and O–H groups in total. The van der Waals surface area contributed by atoms with Gasteiger partial charge in [0.15, 0.2) is 24.0 Å². The number of aliphatic hydroxyl groups excluding tert-OH is 3. The number of alkyl halides is 1. The highest BCUT2D eigenvalue weighted by Gasteiger charge is 2.54. The van der Waals surface area contributed by atoms with E-state index in [1.807, 2.05) is 25.9 Å². The number of methoxy groups -OCH3 is 1. The number of carbonyl (C=O) groups excluding carboxylic acids is 2. The number of rotatable bonds is 7. The quantitative estimate of drug-likeness (QED) is 0.282. The van der Waals surface area contributed by atoms with Crippen LogP contribution in [0.4, 0.5) is 4.39 Å². The van der Waals surface area contributed by atoms with Crippen LogP contribution in [-0.4, -0.2) is 143 Å². The third-order valence-corrected chi connectivity index (χ3v) is 11.7. The maximum atomic E-state index is 16.7. The first-order chi connectivity index (χ1) is 23.4. The Hall–Kier alpha value is -1.33. The first-order valence-electron chi connectivity index (χ1n) is 18.5. The molecule has 3 aliphatic heterocycles. The first kappa shape index (κ1) is 44.1. The second kappa shape index (κ2) is 17.0. The molecule has 0 amide bonds. The minimum Gasteiger partial charge on any atom is -0.462 e. The molecule has 0 saturated carbocycles. The van der Waals surface area contributed by atoms with E-state index in [2.05, 4.69) is 0 Å². The lowest BCUT2D eigenvalue weighted by Crippen LogP contribution is -2.61. The monoisotopic (exact) mass is 735 g/mol. The summed E-state index contributed by atoms with van der Waals surface area (Å²) in [5, 5.41) is 45.9. The fourth-order valence-corrected chi connectivity index (χ4v) is 8.39. The highest BCUT2D eigenvalue weighted by atomic mass is 19.1. The van der Waals surface area contributed by atoms with Crippen molar-refractivity contribution in [1.29, 1.82) is 0 Å². The summed E-state index contributed by atoms with van der Waals surface area (Å²) < 4.78 is 53.6. The van der Waals surface area contributed by atoms with Crippen LogP contribution in [0.3, 0.4) is 0 Å².